The van der Waals surface area contributed by atoms with Gasteiger partial charge in [-0.25, -0.2) is 4.79 Å². The molecule has 2 aliphatic rings. The van der Waals surface area contributed by atoms with Crippen LogP contribution < -0.4 is 0 Å². The van der Waals surface area contributed by atoms with Crippen LogP contribution >= 0.6 is 0 Å². The lowest BCUT2D eigenvalue weighted by Crippen LogP contribution is -2.47. The molecule has 138 valence electrons. The number of fused-ring (bicyclic) bond motifs is 1. The number of hydrogen-bond acceptors (Lipinski definition) is 6. The van der Waals surface area contributed by atoms with E-state index in [-0.39, 0.29) is 11.1 Å². The molecule has 0 spiro atoms. The number of pyridine rings is 1. The third kappa shape index (κ3) is 3.33. The maximum Gasteiger partial charge on any atom is 0.350 e. The molecule has 1 fully saturated rings. The van der Waals surface area contributed by atoms with Crippen LogP contribution in [0.3, 0.4) is 0 Å². The van der Waals surface area contributed by atoms with E-state index in [0.717, 1.165) is 24.9 Å². The quantitative estimate of drug-likeness (QED) is 0.773. The van der Waals surface area contributed by atoms with E-state index >= 15 is 0 Å². The molecule has 1 saturated heterocycles. The predicted molar refractivity (Wildman–Crippen MR) is 95.3 cm³/mol. The molecule has 2 amide bonds. The van der Waals surface area contributed by atoms with Crippen molar-refractivity contribution in [3.63, 3.8) is 0 Å². The lowest BCUT2D eigenvalue weighted by atomic mass is 10.0. The molecule has 0 radical (unpaired) electrons. The largest absolute Gasteiger partial charge is 0.350 e. The number of amides is 2. The average Bonchev–Trinajstić information content (AvgIpc) is 2.94. The summed E-state index contributed by atoms with van der Waals surface area (Å²) in [5.74, 6) is -1.76. The Bertz CT molecular complexity index is 849. The highest BCUT2D eigenvalue weighted by atomic mass is 16.7. The number of hydroxylamine groups is 2. The Labute approximate surface area is 156 Å². The molecule has 3 heterocycles. The van der Waals surface area contributed by atoms with Crippen LogP contribution in [-0.4, -0.2) is 45.3 Å². The molecule has 1 aromatic carbocycles. The van der Waals surface area contributed by atoms with E-state index in [1.165, 1.54) is 0 Å². The predicted octanol–water partition coefficient (Wildman–Crippen LogP) is 2.19. The molecule has 4 rings (SSSR count). The topological polar surface area (TPSA) is 79.8 Å². The van der Waals surface area contributed by atoms with Gasteiger partial charge in [-0.05, 0) is 49.2 Å². The Morgan fingerprint density at radius 3 is 2.37 bits per heavy atom. The first kappa shape index (κ1) is 17.4. The molecule has 2 aliphatic heterocycles. The summed E-state index contributed by atoms with van der Waals surface area (Å²) in [5.41, 5.74) is 1.56. The van der Waals surface area contributed by atoms with Gasteiger partial charge >= 0.3 is 5.97 Å². The molecule has 7 heteroatoms. The molecule has 27 heavy (non-hydrogen) atoms. The minimum Gasteiger partial charge on any atom is -0.328 e. The van der Waals surface area contributed by atoms with Crippen molar-refractivity contribution in [3.8, 4) is 0 Å². The Kier molecular flexibility index (Phi) is 4.68. The molecule has 0 N–H and O–H groups in total. The van der Waals surface area contributed by atoms with E-state index in [0.29, 0.717) is 18.0 Å². The van der Waals surface area contributed by atoms with E-state index in [1.54, 1.807) is 36.7 Å². The van der Waals surface area contributed by atoms with Gasteiger partial charge in [-0.1, -0.05) is 23.6 Å². The van der Waals surface area contributed by atoms with Crippen LogP contribution in [0, 0.1) is 0 Å². The highest BCUT2D eigenvalue weighted by Crippen LogP contribution is 2.25. The second-order valence-corrected chi connectivity index (χ2v) is 6.70. The maximum atomic E-state index is 12.8. The zero-order valence-corrected chi connectivity index (χ0v) is 14.7. The second-order valence-electron chi connectivity index (χ2n) is 6.70. The van der Waals surface area contributed by atoms with Crippen molar-refractivity contribution in [2.75, 3.05) is 6.54 Å². The van der Waals surface area contributed by atoms with Gasteiger partial charge in [-0.15, -0.1) is 0 Å². The Balaban J connectivity index is 1.48. The van der Waals surface area contributed by atoms with Crippen LogP contribution in [0.1, 0.15) is 45.5 Å². The molecule has 7 nitrogen and oxygen atoms in total. The number of aromatic nitrogens is 1. The summed E-state index contributed by atoms with van der Waals surface area (Å²) in [6, 6.07) is 9.78. The number of hydrogen-bond donors (Lipinski definition) is 0. The summed E-state index contributed by atoms with van der Waals surface area (Å²) >= 11 is 0. The van der Waals surface area contributed by atoms with E-state index in [2.05, 4.69) is 4.98 Å². The molecule has 1 unspecified atom stereocenters. The van der Waals surface area contributed by atoms with Crippen molar-refractivity contribution < 1.29 is 19.2 Å². The maximum absolute atomic E-state index is 12.8. The van der Waals surface area contributed by atoms with Gasteiger partial charge in [0.05, 0.1) is 11.1 Å². The van der Waals surface area contributed by atoms with Crippen LogP contribution in [0.2, 0.25) is 0 Å². The smallest absolute Gasteiger partial charge is 0.328 e. The van der Waals surface area contributed by atoms with Crippen LogP contribution in [0.15, 0.2) is 48.8 Å². The molecule has 0 bridgehead atoms. The van der Waals surface area contributed by atoms with E-state index in [9.17, 15) is 14.4 Å². The summed E-state index contributed by atoms with van der Waals surface area (Å²) < 4.78 is 0. The van der Waals surface area contributed by atoms with Crippen molar-refractivity contribution in [2.24, 2.45) is 0 Å². The molecule has 1 aromatic heterocycles. The summed E-state index contributed by atoms with van der Waals surface area (Å²) in [5, 5.41) is 0.590. The van der Waals surface area contributed by atoms with Gasteiger partial charge in [0.25, 0.3) is 11.8 Å². The third-order valence-electron chi connectivity index (χ3n) is 4.96. The molecular weight excluding hydrogens is 346 g/mol. The standard InChI is InChI=1S/C20H19N3O4/c24-18-15-5-1-2-6-16(15)19(25)23(18)27-20(26)17-7-3-4-12-22(17)13-14-8-10-21-11-9-14/h1-2,5-6,8-11,17H,3-4,7,12-13H2. The van der Waals surface area contributed by atoms with E-state index in [1.807, 2.05) is 17.0 Å². The minimum atomic E-state index is -0.597. The van der Waals surface area contributed by atoms with Crippen molar-refractivity contribution in [3.05, 3.63) is 65.5 Å². The van der Waals surface area contributed by atoms with Gasteiger partial charge in [0.2, 0.25) is 0 Å². The fourth-order valence-corrected chi connectivity index (χ4v) is 3.57. The van der Waals surface area contributed by atoms with Crippen LogP contribution in [-0.2, 0) is 16.2 Å². The molecular formula is C20H19N3O4. The number of piperidine rings is 1. The van der Waals surface area contributed by atoms with Crippen LogP contribution in [0.4, 0.5) is 0 Å². The number of likely N-dealkylation sites (tertiary alicyclic amines) is 1. The first-order valence-corrected chi connectivity index (χ1v) is 8.98. The van der Waals surface area contributed by atoms with E-state index in [4.69, 9.17) is 4.84 Å². The number of nitrogens with zero attached hydrogens (tertiary/aromatic N) is 3. The first-order valence-electron chi connectivity index (χ1n) is 8.98. The van der Waals surface area contributed by atoms with Gasteiger partial charge in [-0.3, -0.25) is 19.5 Å². The number of carbonyl (C=O) groups is 3. The third-order valence-corrected chi connectivity index (χ3v) is 4.96. The average molecular weight is 365 g/mol. The van der Waals surface area contributed by atoms with Gasteiger partial charge < -0.3 is 4.84 Å². The molecule has 1 atom stereocenters. The van der Waals surface area contributed by atoms with Crippen molar-refractivity contribution in [2.45, 2.75) is 31.8 Å². The highest BCUT2D eigenvalue weighted by Gasteiger charge is 2.41. The lowest BCUT2D eigenvalue weighted by molar-refractivity contribution is -0.176. The summed E-state index contributed by atoms with van der Waals surface area (Å²) in [6.45, 7) is 1.34. The summed E-state index contributed by atoms with van der Waals surface area (Å²) in [7, 11) is 0. The van der Waals surface area contributed by atoms with Crippen LogP contribution in [0.25, 0.3) is 0 Å². The Morgan fingerprint density at radius 1 is 1.04 bits per heavy atom. The highest BCUT2D eigenvalue weighted by molar-refractivity contribution is 6.20. The van der Waals surface area contributed by atoms with Gasteiger partial charge in [0, 0.05) is 18.9 Å². The molecule has 0 aliphatic carbocycles. The zero-order chi connectivity index (χ0) is 18.8. The minimum absolute atomic E-state index is 0.257. The Hall–Kier alpha value is -3.06. The van der Waals surface area contributed by atoms with Crippen LogP contribution in [0.5, 0.6) is 0 Å². The fourth-order valence-electron chi connectivity index (χ4n) is 3.57. The zero-order valence-electron chi connectivity index (χ0n) is 14.7. The van der Waals surface area contributed by atoms with Gasteiger partial charge in [-0.2, -0.15) is 0 Å². The number of imide groups is 1. The number of benzene rings is 1. The SMILES string of the molecule is O=C(ON1C(=O)c2ccccc2C1=O)C1CCCCN1Cc1ccncc1. The molecule has 2 aromatic rings. The molecule has 0 saturated carbocycles. The monoisotopic (exact) mass is 365 g/mol. The number of carbonyl (C=O) groups excluding carboxylic acids is 3. The lowest BCUT2D eigenvalue weighted by Gasteiger charge is -2.34. The van der Waals surface area contributed by atoms with Crippen molar-refractivity contribution in [1.29, 1.82) is 0 Å². The Morgan fingerprint density at radius 2 is 1.70 bits per heavy atom. The summed E-state index contributed by atoms with van der Waals surface area (Å²) in [4.78, 5) is 48.9. The van der Waals surface area contributed by atoms with Gasteiger partial charge in [0.15, 0.2) is 0 Å². The first-order chi connectivity index (χ1) is 13.1. The normalized spacial score (nSPS) is 19.9. The van der Waals surface area contributed by atoms with Crippen molar-refractivity contribution in [1.82, 2.24) is 14.9 Å². The summed E-state index contributed by atoms with van der Waals surface area (Å²) in [6.07, 6.45) is 5.94. The van der Waals surface area contributed by atoms with E-state index < -0.39 is 23.8 Å². The second kappa shape index (κ2) is 7.28. The van der Waals surface area contributed by atoms with Gasteiger partial charge in [0.1, 0.15) is 6.04 Å². The van der Waals surface area contributed by atoms with Crippen molar-refractivity contribution >= 4 is 17.8 Å². The fraction of sp³-hybridized carbons (Fsp3) is 0.300. The number of rotatable bonds is 4.